The lowest BCUT2D eigenvalue weighted by Gasteiger charge is -2.64. The molecule has 0 aromatic carbocycles. The van der Waals surface area contributed by atoms with E-state index in [-0.39, 0.29) is 42.0 Å². The summed E-state index contributed by atoms with van der Waals surface area (Å²) >= 11 is 0. The van der Waals surface area contributed by atoms with E-state index in [9.17, 15) is 20.4 Å². The highest BCUT2D eigenvalue weighted by Crippen LogP contribution is 2.73. The fourth-order valence-electron chi connectivity index (χ4n) is 7.57. The molecule has 4 rings (SSSR count). The van der Waals surface area contributed by atoms with Crippen molar-refractivity contribution < 1.29 is 20.4 Å². The monoisotopic (exact) mass is 324 g/mol. The van der Waals surface area contributed by atoms with E-state index in [1.54, 1.807) is 0 Å². The van der Waals surface area contributed by atoms with Crippen molar-refractivity contribution in [2.45, 2.75) is 70.0 Å². The molecule has 0 aromatic heterocycles. The molecule has 0 heterocycles. The van der Waals surface area contributed by atoms with Gasteiger partial charge in [0, 0.05) is 12.5 Å². The largest absolute Gasteiger partial charge is 0.396 e. The summed E-state index contributed by atoms with van der Waals surface area (Å²) in [5.74, 6) is 1.28. The minimum Gasteiger partial charge on any atom is -0.396 e. The van der Waals surface area contributed by atoms with Crippen LogP contribution in [0.2, 0.25) is 0 Å². The molecule has 0 saturated heterocycles. The van der Waals surface area contributed by atoms with E-state index in [1.165, 1.54) is 0 Å². The Balaban J connectivity index is 1.71. The van der Waals surface area contributed by atoms with Gasteiger partial charge in [0.2, 0.25) is 0 Å². The SMILES string of the molecule is C[C@]12CC[C@@H](O)[C@@H](CO)[C@@H]1CC[C@H]1C[C@@H]3C[C@@]12CC[C@]3(O)CO. The maximum Gasteiger partial charge on any atom is 0.0905 e. The van der Waals surface area contributed by atoms with Crippen molar-refractivity contribution in [1.82, 2.24) is 0 Å². The van der Waals surface area contributed by atoms with E-state index >= 15 is 0 Å². The van der Waals surface area contributed by atoms with Crippen molar-refractivity contribution in [2.24, 2.45) is 34.5 Å². The number of hydrogen-bond donors (Lipinski definition) is 4. The summed E-state index contributed by atoms with van der Waals surface area (Å²) in [5.41, 5.74) is -0.470. The Morgan fingerprint density at radius 2 is 1.78 bits per heavy atom. The number of aliphatic hydroxyl groups is 4. The van der Waals surface area contributed by atoms with Crippen molar-refractivity contribution in [1.29, 1.82) is 0 Å². The summed E-state index contributed by atoms with van der Waals surface area (Å²) in [6.45, 7) is 2.38. The molecule has 0 amide bonds. The fourth-order valence-corrected chi connectivity index (χ4v) is 7.57. The molecular weight excluding hydrogens is 292 g/mol. The van der Waals surface area contributed by atoms with Crippen LogP contribution >= 0.6 is 0 Å². The lowest BCUT2D eigenvalue weighted by atomic mass is 9.41. The third-order valence-electron chi connectivity index (χ3n) is 8.96. The van der Waals surface area contributed by atoms with Gasteiger partial charge in [-0.1, -0.05) is 6.92 Å². The van der Waals surface area contributed by atoms with E-state index in [0.29, 0.717) is 18.3 Å². The fraction of sp³-hybridized carbons (Fsp3) is 1.00. The summed E-state index contributed by atoms with van der Waals surface area (Å²) in [6, 6.07) is 0. The second-order valence-electron chi connectivity index (χ2n) is 9.31. The molecule has 4 heteroatoms. The number of fused-ring (bicyclic) bond motifs is 2. The van der Waals surface area contributed by atoms with Crippen molar-refractivity contribution >= 4 is 0 Å². The zero-order chi connectivity index (χ0) is 16.5. The highest BCUT2D eigenvalue weighted by molar-refractivity contribution is 5.17. The minimum atomic E-state index is -0.876. The average Bonchev–Trinajstić information content (AvgIpc) is 2.90. The van der Waals surface area contributed by atoms with Crippen LogP contribution in [0.1, 0.15) is 58.3 Å². The Kier molecular flexibility index (Phi) is 3.67. The minimum absolute atomic E-state index is 0.0155. The summed E-state index contributed by atoms with van der Waals surface area (Å²) in [6.07, 6.45) is 7.49. The molecule has 0 radical (unpaired) electrons. The second-order valence-corrected chi connectivity index (χ2v) is 9.31. The Morgan fingerprint density at radius 3 is 2.48 bits per heavy atom. The summed E-state index contributed by atoms with van der Waals surface area (Å²) in [7, 11) is 0. The Labute approximate surface area is 138 Å². The topological polar surface area (TPSA) is 80.9 Å². The first-order valence-corrected chi connectivity index (χ1v) is 9.52. The first kappa shape index (κ1) is 16.3. The molecule has 4 saturated carbocycles. The lowest BCUT2D eigenvalue weighted by molar-refractivity contribution is -0.186. The Bertz CT molecular complexity index is 482. The molecule has 0 unspecified atom stereocenters. The van der Waals surface area contributed by atoms with Gasteiger partial charge in [-0.25, -0.2) is 0 Å². The van der Waals surface area contributed by atoms with Crippen LogP contribution in [0.3, 0.4) is 0 Å². The molecule has 0 aliphatic heterocycles. The molecule has 1 spiro atoms. The molecule has 4 N–H and O–H groups in total. The van der Waals surface area contributed by atoms with Crippen LogP contribution in [0.4, 0.5) is 0 Å². The molecule has 4 fully saturated rings. The van der Waals surface area contributed by atoms with Gasteiger partial charge in [0.1, 0.15) is 0 Å². The number of aliphatic hydroxyl groups excluding tert-OH is 3. The van der Waals surface area contributed by atoms with Crippen LogP contribution in [-0.4, -0.2) is 45.3 Å². The van der Waals surface area contributed by atoms with E-state index < -0.39 is 5.60 Å². The highest BCUT2D eigenvalue weighted by atomic mass is 16.3. The molecule has 4 aliphatic rings. The summed E-state index contributed by atoms with van der Waals surface area (Å²) < 4.78 is 0. The molecule has 23 heavy (non-hydrogen) atoms. The van der Waals surface area contributed by atoms with Gasteiger partial charge in [-0.2, -0.15) is 0 Å². The zero-order valence-corrected chi connectivity index (χ0v) is 14.2. The molecule has 132 valence electrons. The van der Waals surface area contributed by atoms with Crippen LogP contribution in [-0.2, 0) is 0 Å². The standard InChI is InChI=1S/C19H32O4/c1-17-5-4-16(22)14(10-20)15(17)3-2-12-8-13-9-18(12,17)6-7-19(13,23)11-21/h12-16,20-23H,2-11H2,1H3/t12-,13+,14-,15-,16+,17-,18-,19-/m0/s1. The Morgan fingerprint density at radius 1 is 1.00 bits per heavy atom. The molecule has 0 aromatic rings. The van der Waals surface area contributed by atoms with Crippen LogP contribution < -0.4 is 0 Å². The number of hydrogen-bond acceptors (Lipinski definition) is 4. The maximum atomic E-state index is 10.8. The van der Waals surface area contributed by atoms with E-state index in [1.807, 2.05) is 0 Å². The third-order valence-corrected chi connectivity index (χ3v) is 8.96. The van der Waals surface area contributed by atoms with Gasteiger partial charge in [0.05, 0.1) is 18.3 Å². The maximum absolute atomic E-state index is 10.8. The zero-order valence-electron chi connectivity index (χ0n) is 14.2. The smallest absolute Gasteiger partial charge is 0.0905 e. The van der Waals surface area contributed by atoms with Gasteiger partial charge >= 0.3 is 0 Å². The molecule has 4 nitrogen and oxygen atoms in total. The summed E-state index contributed by atoms with van der Waals surface area (Å²) in [4.78, 5) is 0. The van der Waals surface area contributed by atoms with Crippen LogP contribution in [0.15, 0.2) is 0 Å². The molecule has 2 bridgehead atoms. The van der Waals surface area contributed by atoms with Crippen LogP contribution in [0.25, 0.3) is 0 Å². The summed E-state index contributed by atoms with van der Waals surface area (Å²) in [5, 5.41) is 40.7. The van der Waals surface area contributed by atoms with Crippen LogP contribution in [0.5, 0.6) is 0 Å². The second kappa shape index (κ2) is 5.17. The first-order chi connectivity index (χ1) is 10.9. The van der Waals surface area contributed by atoms with Crippen LogP contribution in [0, 0.1) is 34.5 Å². The van der Waals surface area contributed by atoms with Gasteiger partial charge in [0.25, 0.3) is 0 Å². The molecular formula is C19H32O4. The predicted octanol–water partition coefficient (Wildman–Crippen LogP) is 1.70. The molecule has 8 atom stereocenters. The average molecular weight is 324 g/mol. The Hall–Kier alpha value is -0.160. The first-order valence-electron chi connectivity index (χ1n) is 9.52. The van der Waals surface area contributed by atoms with Gasteiger partial charge in [-0.15, -0.1) is 0 Å². The lowest BCUT2D eigenvalue weighted by Crippen LogP contribution is -2.59. The third kappa shape index (κ3) is 1.92. The van der Waals surface area contributed by atoms with E-state index in [2.05, 4.69) is 6.92 Å². The normalized spacial score (nSPS) is 58.6. The van der Waals surface area contributed by atoms with E-state index in [0.717, 1.165) is 44.9 Å². The quantitative estimate of drug-likeness (QED) is 0.623. The van der Waals surface area contributed by atoms with Crippen molar-refractivity contribution in [2.75, 3.05) is 13.2 Å². The van der Waals surface area contributed by atoms with Gasteiger partial charge in [-0.3, -0.25) is 0 Å². The van der Waals surface area contributed by atoms with Gasteiger partial charge in [0.15, 0.2) is 0 Å². The van der Waals surface area contributed by atoms with Crippen molar-refractivity contribution in [3.63, 3.8) is 0 Å². The predicted molar refractivity (Wildman–Crippen MR) is 86.6 cm³/mol. The number of rotatable bonds is 2. The van der Waals surface area contributed by atoms with E-state index in [4.69, 9.17) is 0 Å². The molecule has 4 aliphatic carbocycles. The van der Waals surface area contributed by atoms with Gasteiger partial charge in [-0.05, 0) is 80.0 Å². The van der Waals surface area contributed by atoms with Gasteiger partial charge < -0.3 is 20.4 Å². The highest BCUT2D eigenvalue weighted by Gasteiger charge is 2.68. The van der Waals surface area contributed by atoms with Crippen molar-refractivity contribution in [3.05, 3.63) is 0 Å². The van der Waals surface area contributed by atoms with Crippen molar-refractivity contribution in [3.8, 4) is 0 Å².